The molecule has 0 radical (unpaired) electrons. The number of aromatic nitrogens is 1. The second-order valence-corrected chi connectivity index (χ2v) is 10.6. The molecule has 0 amide bonds. The number of anilines is 1. The SMILES string of the molecule is CCCCCCOc1c(OCCCC)c2ccc(NC/C=C(\C)CCC=C(C)C)cc2n(CCCC)c1=O. The molecule has 2 aromatic rings. The molecule has 0 unspecified atom stereocenters. The monoisotopic (exact) mass is 524 g/mol. The van der Waals surface area contributed by atoms with E-state index < -0.39 is 0 Å². The number of allylic oxidation sites excluding steroid dienone is 3. The van der Waals surface area contributed by atoms with E-state index in [1.165, 1.54) is 24.0 Å². The maximum absolute atomic E-state index is 13.7. The van der Waals surface area contributed by atoms with Crippen LogP contribution in [0.25, 0.3) is 10.9 Å². The summed E-state index contributed by atoms with van der Waals surface area (Å²) in [6, 6.07) is 6.26. The Morgan fingerprint density at radius 3 is 2.29 bits per heavy atom. The lowest BCUT2D eigenvalue weighted by atomic mass is 10.1. The highest BCUT2D eigenvalue weighted by Crippen LogP contribution is 2.35. The molecule has 212 valence electrons. The van der Waals surface area contributed by atoms with Gasteiger partial charge in [-0.2, -0.15) is 0 Å². The first-order valence-electron chi connectivity index (χ1n) is 14.9. The third-order valence-electron chi connectivity index (χ3n) is 6.75. The minimum Gasteiger partial charge on any atom is -0.489 e. The van der Waals surface area contributed by atoms with Gasteiger partial charge < -0.3 is 19.4 Å². The van der Waals surface area contributed by atoms with Crippen molar-refractivity contribution < 1.29 is 9.47 Å². The van der Waals surface area contributed by atoms with Crippen LogP contribution < -0.4 is 20.3 Å². The van der Waals surface area contributed by atoms with Crippen molar-refractivity contribution in [1.82, 2.24) is 4.57 Å². The number of aryl methyl sites for hydroxylation is 1. The maximum atomic E-state index is 13.7. The van der Waals surface area contributed by atoms with Gasteiger partial charge >= 0.3 is 0 Å². The zero-order valence-corrected chi connectivity index (χ0v) is 25.0. The average molecular weight is 525 g/mol. The van der Waals surface area contributed by atoms with E-state index in [0.29, 0.717) is 31.3 Å². The molecule has 0 aliphatic carbocycles. The van der Waals surface area contributed by atoms with E-state index in [1.54, 1.807) is 0 Å². The van der Waals surface area contributed by atoms with E-state index in [4.69, 9.17) is 9.47 Å². The summed E-state index contributed by atoms with van der Waals surface area (Å²) < 4.78 is 14.3. The smallest absolute Gasteiger partial charge is 0.297 e. The van der Waals surface area contributed by atoms with Crippen LogP contribution in [0.1, 0.15) is 106 Å². The van der Waals surface area contributed by atoms with Gasteiger partial charge in [-0.15, -0.1) is 0 Å². The van der Waals surface area contributed by atoms with Gasteiger partial charge in [0.15, 0.2) is 5.75 Å². The minimum atomic E-state index is -0.0832. The van der Waals surface area contributed by atoms with Crippen LogP contribution in [0.15, 0.2) is 46.3 Å². The highest BCUT2D eigenvalue weighted by atomic mass is 16.5. The summed E-state index contributed by atoms with van der Waals surface area (Å²) in [6.07, 6.45) is 15.0. The summed E-state index contributed by atoms with van der Waals surface area (Å²) in [5.74, 6) is 0.972. The largest absolute Gasteiger partial charge is 0.489 e. The van der Waals surface area contributed by atoms with Gasteiger partial charge in [-0.3, -0.25) is 4.79 Å². The molecule has 5 heteroatoms. The Balaban J connectivity index is 2.38. The molecule has 5 nitrogen and oxygen atoms in total. The van der Waals surface area contributed by atoms with Gasteiger partial charge in [0.05, 0.1) is 18.7 Å². The van der Waals surface area contributed by atoms with Crippen molar-refractivity contribution in [3.8, 4) is 11.5 Å². The van der Waals surface area contributed by atoms with Crippen LogP contribution in [-0.4, -0.2) is 24.3 Å². The van der Waals surface area contributed by atoms with Crippen molar-refractivity contribution >= 4 is 16.6 Å². The van der Waals surface area contributed by atoms with Crippen molar-refractivity contribution in [3.63, 3.8) is 0 Å². The summed E-state index contributed by atoms with van der Waals surface area (Å²) in [5.41, 5.74) is 4.57. The lowest BCUT2D eigenvalue weighted by Crippen LogP contribution is -2.24. The molecule has 1 aromatic carbocycles. The van der Waals surface area contributed by atoms with Crippen molar-refractivity contribution in [2.24, 2.45) is 0 Å². The standard InChI is InChI=1S/C33H52N2O3/c1-7-10-13-14-24-38-32-31(37-23-12-9-3)29-19-18-28(25-30(29)35(33(32)36)22-11-8-2)34-21-20-27(6)17-15-16-26(4)5/h16,18-20,25,34H,7-15,17,21-24H2,1-6H3/b27-20+. The third-order valence-corrected chi connectivity index (χ3v) is 6.75. The van der Waals surface area contributed by atoms with E-state index in [9.17, 15) is 4.79 Å². The topological polar surface area (TPSA) is 52.5 Å². The van der Waals surface area contributed by atoms with Crippen LogP contribution in [0.5, 0.6) is 11.5 Å². The van der Waals surface area contributed by atoms with Crippen molar-refractivity contribution in [3.05, 3.63) is 51.9 Å². The first kappa shape index (κ1) is 31.5. The molecule has 0 saturated heterocycles. The second kappa shape index (κ2) is 17.8. The second-order valence-electron chi connectivity index (χ2n) is 10.6. The summed E-state index contributed by atoms with van der Waals surface area (Å²) >= 11 is 0. The number of hydrogen-bond donors (Lipinski definition) is 1. The third kappa shape index (κ3) is 10.2. The molecular formula is C33H52N2O3. The summed E-state index contributed by atoms with van der Waals surface area (Å²) in [5, 5.41) is 4.47. The number of benzene rings is 1. The molecule has 0 fully saturated rings. The van der Waals surface area contributed by atoms with Gasteiger partial charge in [-0.1, -0.05) is 76.2 Å². The van der Waals surface area contributed by atoms with E-state index in [2.05, 4.69) is 77.2 Å². The van der Waals surface area contributed by atoms with Crippen LogP contribution in [-0.2, 0) is 6.54 Å². The number of rotatable bonds is 19. The Kier molecular flexibility index (Phi) is 14.7. The molecule has 0 aliphatic rings. The van der Waals surface area contributed by atoms with Crippen LogP contribution in [0.3, 0.4) is 0 Å². The molecule has 2 rings (SSSR count). The molecule has 0 saturated carbocycles. The van der Waals surface area contributed by atoms with Crippen LogP contribution >= 0.6 is 0 Å². The van der Waals surface area contributed by atoms with Gasteiger partial charge in [-0.05, 0) is 71.1 Å². The summed E-state index contributed by atoms with van der Waals surface area (Å²) in [4.78, 5) is 13.7. The predicted octanol–water partition coefficient (Wildman–Crippen LogP) is 9.04. The minimum absolute atomic E-state index is 0.0832. The fourth-order valence-corrected chi connectivity index (χ4v) is 4.37. The highest BCUT2D eigenvalue weighted by molar-refractivity contribution is 5.90. The molecule has 38 heavy (non-hydrogen) atoms. The Hall–Kier alpha value is -2.69. The average Bonchev–Trinajstić information content (AvgIpc) is 2.89. The van der Waals surface area contributed by atoms with Crippen molar-refractivity contribution in [1.29, 1.82) is 0 Å². The van der Waals surface area contributed by atoms with Gasteiger partial charge in [-0.25, -0.2) is 0 Å². The number of hydrogen-bond acceptors (Lipinski definition) is 4. The maximum Gasteiger partial charge on any atom is 0.297 e. The molecule has 0 bridgehead atoms. The fourth-order valence-electron chi connectivity index (χ4n) is 4.37. The lowest BCUT2D eigenvalue weighted by Gasteiger charge is -2.19. The number of unbranched alkanes of at least 4 members (excludes halogenated alkanes) is 5. The Bertz CT molecular complexity index is 1090. The lowest BCUT2D eigenvalue weighted by molar-refractivity contribution is 0.258. The first-order valence-corrected chi connectivity index (χ1v) is 14.9. The molecule has 0 spiro atoms. The quantitative estimate of drug-likeness (QED) is 0.147. The van der Waals surface area contributed by atoms with Crippen molar-refractivity contribution in [2.75, 3.05) is 25.1 Å². The van der Waals surface area contributed by atoms with E-state index in [0.717, 1.165) is 74.5 Å². The Labute approximate surface area is 231 Å². The summed E-state index contributed by atoms with van der Waals surface area (Å²) in [6.45, 7) is 15.5. The van der Waals surface area contributed by atoms with E-state index in [1.807, 2.05) is 4.57 Å². The molecule has 0 atom stereocenters. The number of nitrogens with one attached hydrogen (secondary N) is 1. The van der Waals surface area contributed by atoms with Crippen molar-refractivity contribution in [2.45, 2.75) is 112 Å². The Morgan fingerprint density at radius 2 is 1.58 bits per heavy atom. The molecule has 0 aliphatic heterocycles. The highest BCUT2D eigenvalue weighted by Gasteiger charge is 2.20. The van der Waals surface area contributed by atoms with Crippen LogP contribution in [0.2, 0.25) is 0 Å². The molecule has 1 N–H and O–H groups in total. The molecule has 1 aromatic heterocycles. The fraction of sp³-hybridized carbons (Fsp3) is 0.606. The zero-order chi connectivity index (χ0) is 27.8. The number of nitrogens with zero attached hydrogens (tertiary/aromatic N) is 1. The van der Waals surface area contributed by atoms with Gasteiger partial charge in [0.2, 0.25) is 5.75 Å². The Morgan fingerprint density at radius 1 is 0.868 bits per heavy atom. The van der Waals surface area contributed by atoms with Gasteiger partial charge in [0.1, 0.15) is 0 Å². The van der Waals surface area contributed by atoms with E-state index in [-0.39, 0.29) is 5.56 Å². The first-order chi connectivity index (χ1) is 18.4. The number of fused-ring (bicyclic) bond motifs is 1. The van der Waals surface area contributed by atoms with E-state index >= 15 is 0 Å². The van der Waals surface area contributed by atoms with Gasteiger partial charge in [0.25, 0.3) is 5.56 Å². The zero-order valence-electron chi connectivity index (χ0n) is 25.0. The number of ether oxygens (including phenoxy) is 2. The van der Waals surface area contributed by atoms with Gasteiger partial charge in [0, 0.05) is 24.2 Å². The number of pyridine rings is 1. The normalized spacial score (nSPS) is 11.6. The predicted molar refractivity (Wildman–Crippen MR) is 164 cm³/mol. The molecular weight excluding hydrogens is 472 g/mol. The molecule has 1 heterocycles. The van der Waals surface area contributed by atoms with Crippen LogP contribution in [0, 0.1) is 0 Å². The summed E-state index contributed by atoms with van der Waals surface area (Å²) in [7, 11) is 0. The van der Waals surface area contributed by atoms with Crippen LogP contribution in [0.4, 0.5) is 5.69 Å².